The van der Waals surface area contributed by atoms with Crippen LogP contribution < -0.4 is 9.47 Å². The van der Waals surface area contributed by atoms with E-state index in [1.165, 1.54) is 0 Å². The second-order valence-electron chi connectivity index (χ2n) is 11.3. The Labute approximate surface area is 229 Å². The van der Waals surface area contributed by atoms with Gasteiger partial charge in [-0.2, -0.15) is 0 Å². The van der Waals surface area contributed by atoms with Gasteiger partial charge in [-0.3, -0.25) is 4.79 Å². The summed E-state index contributed by atoms with van der Waals surface area (Å²) >= 11 is 0. The molecule has 206 valence electrons. The van der Waals surface area contributed by atoms with Crippen LogP contribution in [0.5, 0.6) is 11.6 Å². The normalized spacial score (nSPS) is 19.3. The maximum Gasteiger partial charge on any atom is 0.309 e. The highest BCUT2D eigenvalue weighted by atomic mass is 19.1. The SMILES string of the molecule is CCOC(=O)[C@H]1[C@@H]2Cc3cc(OCc4cc(-c5ccc(OCCC(C)(C)O)cc5C)c(C)cc4F)ncc3[C@@H]21. The van der Waals surface area contributed by atoms with E-state index in [0.717, 1.165) is 45.6 Å². The van der Waals surface area contributed by atoms with Crippen molar-refractivity contribution in [3.05, 3.63) is 76.2 Å². The number of hydrogen-bond acceptors (Lipinski definition) is 6. The minimum atomic E-state index is -0.776. The van der Waals surface area contributed by atoms with E-state index in [4.69, 9.17) is 14.2 Å². The molecule has 0 bridgehead atoms. The van der Waals surface area contributed by atoms with Crippen LogP contribution in [0.2, 0.25) is 0 Å². The molecule has 0 unspecified atom stereocenters. The molecule has 3 aromatic rings. The van der Waals surface area contributed by atoms with Crippen LogP contribution in [0.15, 0.2) is 42.6 Å². The van der Waals surface area contributed by atoms with Crippen LogP contribution in [0.1, 0.15) is 60.9 Å². The third-order valence-electron chi connectivity index (χ3n) is 7.78. The van der Waals surface area contributed by atoms with E-state index in [1.54, 1.807) is 26.1 Å². The fraction of sp³-hybridized carbons (Fsp3) is 0.438. The van der Waals surface area contributed by atoms with Gasteiger partial charge in [-0.05, 0) is 105 Å². The number of rotatable bonds is 10. The van der Waals surface area contributed by atoms with Gasteiger partial charge in [0.25, 0.3) is 0 Å². The Kier molecular flexibility index (Phi) is 7.38. The Morgan fingerprint density at radius 1 is 1.10 bits per heavy atom. The monoisotopic (exact) mass is 533 g/mol. The molecule has 2 aliphatic carbocycles. The van der Waals surface area contributed by atoms with Gasteiger partial charge in [-0.15, -0.1) is 0 Å². The largest absolute Gasteiger partial charge is 0.493 e. The zero-order valence-corrected chi connectivity index (χ0v) is 23.2. The van der Waals surface area contributed by atoms with Gasteiger partial charge in [0.2, 0.25) is 5.88 Å². The molecular formula is C32H36FNO5. The Morgan fingerprint density at radius 3 is 2.59 bits per heavy atom. The molecule has 1 aromatic heterocycles. The molecule has 1 saturated carbocycles. The lowest BCUT2D eigenvalue weighted by Gasteiger charge is -2.18. The minimum Gasteiger partial charge on any atom is -0.493 e. The van der Waals surface area contributed by atoms with Gasteiger partial charge in [0.15, 0.2) is 0 Å². The fourth-order valence-corrected chi connectivity index (χ4v) is 5.62. The molecular weight excluding hydrogens is 497 g/mol. The van der Waals surface area contributed by atoms with Crippen LogP contribution in [0.25, 0.3) is 11.1 Å². The van der Waals surface area contributed by atoms with Crippen molar-refractivity contribution in [1.29, 1.82) is 0 Å². The number of ether oxygens (including phenoxy) is 3. The predicted octanol–water partition coefficient (Wildman–Crippen LogP) is 6.07. The molecule has 0 amide bonds. The van der Waals surface area contributed by atoms with Gasteiger partial charge in [0, 0.05) is 30.2 Å². The van der Waals surface area contributed by atoms with Crippen molar-refractivity contribution in [3.8, 4) is 22.8 Å². The number of halogens is 1. The molecule has 5 rings (SSSR count). The van der Waals surface area contributed by atoms with Gasteiger partial charge in [0.1, 0.15) is 18.2 Å². The standard InChI is InChI=1S/C32H36FNO5/c1-6-37-31(35)30-25-13-20-15-28(34-16-26(20)29(25)30)39-17-21-14-24(19(3)12-27(21)33)23-8-7-22(11-18(23)2)38-10-9-32(4,5)36/h7-8,11-12,14-16,25,29-30,36H,6,9-10,13,17H2,1-5H3/t25-,29-,30+/m1/s1. The number of benzene rings is 2. The van der Waals surface area contributed by atoms with Gasteiger partial charge in [0.05, 0.1) is 24.7 Å². The van der Waals surface area contributed by atoms with E-state index in [1.807, 2.05) is 51.1 Å². The van der Waals surface area contributed by atoms with Crippen LogP contribution in [0.3, 0.4) is 0 Å². The zero-order chi connectivity index (χ0) is 27.9. The average molecular weight is 534 g/mol. The summed E-state index contributed by atoms with van der Waals surface area (Å²) in [6.07, 6.45) is 3.13. The number of carbonyl (C=O) groups excluding carboxylic acids is 1. The van der Waals surface area contributed by atoms with Crippen molar-refractivity contribution in [2.24, 2.45) is 11.8 Å². The van der Waals surface area contributed by atoms with Crippen molar-refractivity contribution in [3.63, 3.8) is 0 Å². The van der Waals surface area contributed by atoms with E-state index in [-0.39, 0.29) is 36.1 Å². The second-order valence-corrected chi connectivity index (χ2v) is 11.3. The van der Waals surface area contributed by atoms with E-state index in [9.17, 15) is 14.3 Å². The number of pyridine rings is 1. The molecule has 0 aliphatic heterocycles. The van der Waals surface area contributed by atoms with Crippen LogP contribution in [0.4, 0.5) is 4.39 Å². The summed E-state index contributed by atoms with van der Waals surface area (Å²) in [5.74, 6) is 1.18. The van der Waals surface area contributed by atoms with E-state index >= 15 is 0 Å². The third kappa shape index (κ3) is 5.78. The molecule has 3 atom stereocenters. The molecule has 2 aromatic carbocycles. The number of fused-ring (bicyclic) bond motifs is 3. The number of hydrogen-bond donors (Lipinski definition) is 1. The summed E-state index contributed by atoms with van der Waals surface area (Å²) in [6.45, 7) is 10.1. The summed E-state index contributed by atoms with van der Waals surface area (Å²) < 4.78 is 31.9. The summed E-state index contributed by atoms with van der Waals surface area (Å²) in [4.78, 5) is 16.6. The number of aliphatic hydroxyl groups is 1. The lowest BCUT2D eigenvalue weighted by Crippen LogP contribution is -2.21. The molecule has 1 heterocycles. The van der Waals surface area contributed by atoms with Crippen LogP contribution in [0, 0.1) is 31.5 Å². The highest BCUT2D eigenvalue weighted by molar-refractivity contribution is 5.79. The lowest BCUT2D eigenvalue weighted by molar-refractivity contribution is -0.145. The Morgan fingerprint density at radius 2 is 1.87 bits per heavy atom. The average Bonchev–Trinajstić information content (AvgIpc) is 3.45. The van der Waals surface area contributed by atoms with Gasteiger partial charge >= 0.3 is 5.97 Å². The smallest absolute Gasteiger partial charge is 0.309 e. The lowest BCUT2D eigenvalue weighted by atomic mass is 9.94. The highest BCUT2D eigenvalue weighted by Gasteiger charge is 2.60. The van der Waals surface area contributed by atoms with Gasteiger partial charge in [-0.25, -0.2) is 9.37 Å². The highest BCUT2D eigenvalue weighted by Crippen LogP contribution is 2.61. The van der Waals surface area contributed by atoms with Crippen LogP contribution in [-0.4, -0.2) is 34.9 Å². The molecule has 1 N–H and O–H groups in total. The molecule has 39 heavy (non-hydrogen) atoms. The van der Waals surface area contributed by atoms with Crippen molar-refractivity contribution >= 4 is 5.97 Å². The Balaban J connectivity index is 1.27. The number of carbonyl (C=O) groups is 1. The Bertz CT molecular complexity index is 1400. The summed E-state index contributed by atoms with van der Waals surface area (Å²) in [6, 6.07) is 11.1. The van der Waals surface area contributed by atoms with E-state index in [0.29, 0.717) is 31.1 Å². The van der Waals surface area contributed by atoms with Crippen molar-refractivity contribution in [2.75, 3.05) is 13.2 Å². The van der Waals surface area contributed by atoms with E-state index in [2.05, 4.69) is 4.98 Å². The van der Waals surface area contributed by atoms with Crippen LogP contribution >= 0.6 is 0 Å². The van der Waals surface area contributed by atoms with Crippen LogP contribution in [-0.2, 0) is 22.6 Å². The van der Waals surface area contributed by atoms with Crippen molar-refractivity contribution in [1.82, 2.24) is 4.98 Å². The van der Waals surface area contributed by atoms with E-state index < -0.39 is 5.60 Å². The van der Waals surface area contributed by atoms with Crippen molar-refractivity contribution in [2.45, 2.75) is 65.6 Å². The molecule has 7 heteroatoms. The summed E-state index contributed by atoms with van der Waals surface area (Å²) in [7, 11) is 0. The van der Waals surface area contributed by atoms with Crippen molar-refractivity contribution < 1.29 is 28.5 Å². The number of nitrogens with zero attached hydrogens (tertiary/aromatic N) is 1. The maximum absolute atomic E-state index is 14.9. The topological polar surface area (TPSA) is 77.9 Å². The molecule has 1 fully saturated rings. The first kappa shape index (κ1) is 27.1. The molecule has 0 saturated heterocycles. The van der Waals surface area contributed by atoms with Gasteiger partial charge in [-0.1, -0.05) is 6.07 Å². The molecule has 6 nitrogen and oxygen atoms in total. The zero-order valence-electron chi connectivity index (χ0n) is 23.2. The first-order chi connectivity index (χ1) is 18.6. The molecule has 0 radical (unpaired) electrons. The van der Waals surface area contributed by atoms with Gasteiger partial charge < -0.3 is 19.3 Å². The first-order valence-corrected chi connectivity index (χ1v) is 13.6. The number of aromatic nitrogens is 1. The summed E-state index contributed by atoms with van der Waals surface area (Å²) in [5.41, 5.74) is 5.68. The summed E-state index contributed by atoms with van der Waals surface area (Å²) in [5, 5.41) is 9.90. The second kappa shape index (κ2) is 10.6. The number of esters is 1. The maximum atomic E-state index is 14.9. The minimum absolute atomic E-state index is 0.0529. The fourth-order valence-electron chi connectivity index (χ4n) is 5.62. The third-order valence-corrected chi connectivity index (χ3v) is 7.78. The first-order valence-electron chi connectivity index (χ1n) is 13.6. The number of aryl methyl sites for hydroxylation is 2. The molecule has 0 spiro atoms. The molecule has 2 aliphatic rings. The predicted molar refractivity (Wildman–Crippen MR) is 146 cm³/mol. The quantitative estimate of drug-likeness (QED) is 0.319. The Hall–Kier alpha value is -3.45.